The number of nitrogens with one attached hydrogen (secondary N) is 2. The van der Waals surface area contributed by atoms with Gasteiger partial charge in [0.1, 0.15) is 5.82 Å². The summed E-state index contributed by atoms with van der Waals surface area (Å²) in [6, 6.07) is 10.5. The average molecular weight is 440 g/mol. The molecular formula is C23H25FN4O4. The third-order valence-electron chi connectivity index (χ3n) is 4.80. The number of nitrogens with zero attached hydrogens (tertiary/aromatic N) is 2. The van der Waals surface area contributed by atoms with Gasteiger partial charge in [0, 0.05) is 5.56 Å². The molecule has 3 rings (SSSR count). The summed E-state index contributed by atoms with van der Waals surface area (Å²) in [7, 11) is 1.49. The van der Waals surface area contributed by atoms with Crippen molar-refractivity contribution in [1.82, 2.24) is 20.6 Å². The van der Waals surface area contributed by atoms with Crippen LogP contribution in [0, 0.1) is 12.7 Å². The number of amides is 2. The quantitative estimate of drug-likeness (QED) is 0.412. The molecule has 0 unspecified atom stereocenters. The highest BCUT2D eigenvalue weighted by Gasteiger charge is 2.17. The first-order chi connectivity index (χ1) is 15.4. The first-order valence-electron chi connectivity index (χ1n) is 10.2. The van der Waals surface area contributed by atoms with Crippen molar-refractivity contribution in [3.05, 3.63) is 71.3 Å². The van der Waals surface area contributed by atoms with Gasteiger partial charge in [-0.2, -0.15) is 5.10 Å². The number of aromatic nitrogens is 2. The standard InChI is InChI=1S/C23H25FN4O4/c1-4-5-12-32-20-11-6-16(13-21(20)31-3)22(29)26-27-23(30)19-14-25-28(15(19)2)18-9-7-17(24)8-10-18/h6-11,13-14H,4-5,12H2,1-3H3,(H,26,29)(H,27,30). The van der Waals surface area contributed by atoms with Crippen LogP contribution in [0.25, 0.3) is 5.69 Å². The number of carbonyl (C=O) groups excluding carboxylic acids is 2. The first kappa shape index (κ1) is 22.8. The first-order valence-corrected chi connectivity index (χ1v) is 10.2. The molecule has 32 heavy (non-hydrogen) atoms. The summed E-state index contributed by atoms with van der Waals surface area (Å²) in [6.07, 6.45) is 3.30. The van der Waals surface area contributed by atoms with Crippen molar-refractivity contribution in [3.63, 3.8) is 0 Å². The smallest absolute Gasteiger partial charge is 0.273 e. The fraction of sp³-hybridized carbons (Fsp3) is 0.261. The SMILES string of the molecule is CCCCOc1ccc(C(=O)NNC(=O)c2cnn(-c3ccc(F)cc3)c2C)cc1OC. The average Bonchev–Trinajstić information content (AvgIpc) is 3.19. The highest BCUT2D eigenvalue weighted by Crippen LogP contribution is 2.28. The lowest BCUT2D eigenvalue weighted by Crippen LogP contribution is -2.41. The minimum Gasteiger partial charge on any atom is -0.493 e. The predicted octanol–water partition coefficient (Wildman–Crippen LogP) is 3.58. The maximum absolute atomic E-state index is 13.1. The van der Waals surface area contributed by atoms with E-state index in [-0.39, 0.29) is 11.4 Å². The molecule has 3 aromatic rings. The second-order valence-corrected chi connectivity index (χ2v) is 7.01. The van der Waals surface area contributed by atoms with Crippen LogP contribution in [0.15, 0.2) is 48.7 Å². The van der Waals surface area contributed by atoms with Crippen molar-refractivity contribution in [2.45, 2.75) is 26.7 Å². The Morgan fingerprint density at radius 3 is 2.47 bits per heavy atom. The van der Waals surface area contributed by atoms with E-state index in [1.807, 2.05) is 0 Å². The molecule has 8 nitrogen and oxygen atoms in total. The van der Waals surface area contributed by atoms with Gasteiger partial charge < -0.3 is 9.47 Å². The lowest BCUT2D eigenvalue weighted by molar-refractivity contribution is 0.0846. The molecule has 0 spiro atoms. The Balaban J connectivity index is 1.65. The maximum Gasteiger partial charge on any atom is 0.273 e. The summed E-state index contributed by atoms with van der Waals surface area (Å²) in [4.78, 5) is 25.0. The van der Waals surface area contributed by atoms with Gasteiger partial charge in [-0.25, -0.2) is 9.07 Å². The number of hydrogen-bond donors (Lipinski definition) is 2. The summed E-state index contributed by atoms with van der Waals surface area (Å²) in [5.74, 6) is -0.436. The number of hydrogen-bond acceptors (Lipinski definition) is 5. The van der Waals surface area contributed by atoms with Crippen LogP contribution in [0.3, 0.4) is 0 Å². The molecule has 2 N–H and O–H groups in total. The number of rotatable bonds is 8. The highest BCUT2D eigenvalue weighted by molar-refractivity contribution is 5.99. The molecule has 0 aliphatic carbocycles. The van der Waals surface area contributed by atoms with Crippen LogP contribution in [-0.2, 0) is 0 Å². The Bertz CT molecular complexity index is 1100. The fourth-order valence-electron chi connectivity index (χ4n) is 2.98. The maximum atomic E-state index is 13.1. The number of halogens is 1. The van der Waals surface area contributed by atoms with Crippen molar-refractivity contribution in [3.8, 4) is 17.2 Å². The van der Waals surface area contributed by atoms with E-state index in [1.54, 1.807) is 37.3 Å². The highest BCUT2D eigenvalue weighted by atomic mass is 19.1. The molecule has 1 aromatic heterocycles. The number of hydrazine groups is 1. The zero-order valence-electron chi connectivity index (χ0n) is 18.1. The third-order valence-corrected chi connectivity index (χ3v) is 4.80. The third kappa shape index (κ3) is 5.23. The van der Waals surface area contributed by atoms with E-state index in [0.29, 0.717) is 35.1 Å². The van der Waals surface area contributed by atoms with Crippen molar-refractivity contribution in [1.29, 1.82) is 0 Å². The lowest BCUT2D eigenvalue weighted by atomic mass is 10.2. The second-order valence-electron chi connectivity index (χ2n) is 7.01. The monoisotopic (exact) mass is 440 g/mol. The van der Waals surface area contributed by atoms with Gasteiger partial charge in [0.05, 0.1) is 36.9 Å². The largest absolute Gasteiger partial charge is 0.493 e. The Labute approximate surface area is 185 Å². The summed E-state index contributed by atoms with van der Waals surface area (Å²) in [5, 5.41) is 4.18. The van der Waals surface area contributed by atoms with Crippen LogP contribution in [0.4, 0.5) is 4.39 Å². The van der Waals surface area contributed by atoms with Crippen molar-refractivity contribution in [2.24, 2.45) is 0 Å². The van der Waals surface area contributed by atoms with Gasteiger partial charge in [-0.15, -0.1) is 0 Å². The zero-order valence-corrected chi connectivity index (χ0v) is 18.1. The van der Waals surface area contributed by atoms with Gasteiger partial charge in [0.25, 0.3) is 11.8 Å². The van der Waals surface area contributed by atoms with Crippen LogP contribution in [0.5, 0.6) is 11.5 Å². The van der Waals surface area contributed by atoms with E-state index in [0.717, 1.165) is 12.8 Å². The number of ether oxygens (including phenoxy) is 2. The normalized spacial score (nSPS) is 10.5. The van der Waals surface area contributed by atoms with E-state index in [2.05, 4.69) is 22.9 Å². The van der Waals surface area contributed by atoms with E-state index < -0.39 is 11.8 Å². The molecule has 0 saturated heterocycles. The van der Waals surface area contributed by atoms with Gasteiger partial charge >= 0.3 is 0 Å². The van der Waals surface area contributed by atoms with Crippen molar-refractivity contribution >= 4 is 11.8 Å². The topological polar surface area (TPSA) is 94.5 Å². The number of unbranched alkanes of at least 4 members (excludes halogenated alkanes) is 1. The fourth-order valence-corrected chi connectivity index (χ4v) is 2.98. The molecule has 2 aromatic carbocycles. The molecule has 0 saturated carbocycles. The van der Waals surface area contributed by atoms with E-state index in [9.17, 15) is 14.0 Å². The molecule has 0 aliphatic rings. The molecule has 2 amide bonds. The van der Waals surface area contributed by atoms with Crippen LogP contribution in [0.2, 0.25) is 0 Å². The molecule has 0 radical (unpaired) electrons. The molecule has 0 bridgehead atoms. The minimum atomic E-state index is -0.532. The van der Waals surface area contributed by atoms with Gasteiger partial charge in [-0.1, -0.05) is 13.3 Å². The zero-order chi connectivity index (χ0) is 23.1. The predicted molar refractivity (Wildman–Crippen MR) is 117 cm³/mol. The van der Waals surface area contributed by atoms with E-state index in [1.165, 1.54) is 30.1 Å². The number of benzene rings is 2. The van der Waals surface area contributed by atoms with Gasteiger partial charge in [0.15, 0.2) is 11.5 Å². The van der Waals surface area contributed by atoms with Gasteiger partial charge in [0.2, 0.25) is 0 Å². The van der Waals surface area contributed by atoms with Crippen LogP contribution in [0.1, 0.15) is 46.2 Å². The van der Waals surface area contributed by atoms with Crippen molar-refractivity contribution < 1.29 is 23.5 Å². The summed E-state index contributed by atoms with van der Waals surface area (Å²) < 4.78 is 25.6. The summed E-state index contributed by atoms with van der Waals surface area (Å²) in [6.45, 7) is 4.33. The summed E-state index contributed by atoms with van der Waals surface area (Å²) in [5.41, 5.74) is 6.48. The Morgan fingerprint density at radius 1 is 1.06 bits per heavy atom. The van der Waals surface area contributed by atoms with E-state index in [4.69, 9.17) is 9.47 Å². The molecule has 1 heterocycles. The van der Waals surface area contributed by atoms with Crippen LogP contribution in [-0.4, -0.2) is 35.3 Å². The van der Waals surface area contributed by atoms with E-state index >= 15 is 0 Å². The molecule has 0 aliphatic heterocycles. The van der Waals surface area contributed by atoms with Crippen LogP contribution < -0.4 is 20.3 Å². The van der Waals surface area contributed by atoms with Gasteiger partial charge in [-0.3, -0.25) is 20.4 Å². The Morgan fingerprint density at radius 2 is 1.78 bits per heavy atom. The molecule has 0 fully saturated rings. The molecular weight excluding hydrogens is 415 g/mol. The number of carbonyl (C=O) groups is 2. The van der Waals surface area contributed by atoms with Crippen LogP contribution >= 0.6 is 0 Å². The number of methoxy groups -OCH3 is 1. The minimum absolute atomic E-state index is 0.270. The molecule has 0 atom stereocenters. The Kier molecular flexibility index (Phi) is 7.43. The van der Waals surface area contributed by atoms with Gasteiger partial charge in [-0.05, 0) is 55.8 Å². The lowest BCUT2D eigenvalue weighted by Gasteiger charge is -2.12. The van der Waals surface area contributed by atoms with Crippen molar-refractivity contribution in [2.75, 3.05) is 13.7 Å². The second kappa shape index (κ2) is 10.4. The molecule has 168 valence electrons. The molecule has 9 heteroatoms. The Hall–Kier alpha value is -3.88. The summed E-state index contributed by atoms with van der Waals surface area (Å²) >= 11 is 0.